The van der Waals surface area contributed by atoms with Gasteiger partial charge in [0.2, 0.25) is 0 Å². The van der Waals surface area contributed by atoms with Crippen LogP contribution in [0.5, 0.6) is 5.88 Å². The zero-order valence-corrected chi connectivity index (χ0v) is 9.59. The molecule has 0 unspecified atom stereocenters. The van der Waals surface area contributed by atoms with E-state index in [1.807, 2.05) is 0 Å². The molecule has 1 saturated carbocycles. The van der Waals surface area contributed by atoms with Crippen molar-refractivity contribution in [2.24, 2.45) is 0 Å². The van der Waals surface area contributed by atoms with Gasteiger partial charge in [0, 0.05) is 19.4 Å². The van der Waals surface area contributed by atoms with Crippen LogP contribution in [-0.2, 0) is 4.74 Å². The van der Waals surface area contributed by atoms with Crippen LogP contribution in [0.4, 0.5) is 5.69 Å². The van der Waals surface area contributed by atoms with E-state index in [1.54, 1.807) is 19.4 Å². The van der Waals surface area contributed by atoms with Gasteiger partial charge < -0.3 is 9.47 Å². The lowest BCUT2D eigenvalue weighted by Gasteiger charge is -2.06. The third-order valence-electron chi connectivity index (χ3n) is 2.63. The number of nitro groups is 1. The molecule has 6 nitrogen and oxygen atoms in total. The van der Waals surface area contributed by atoms with Crippen LogP contribution < -0.4 is 4.74 Å². The summed E-state index contributed by atoms with van der Waals surface area (Å²) < 4.78 is 10.0. The van der Waals surface area contributed by atoms with Gasteiger partial charge in [0.1, 0.15) is 6.61 Å². The van der Waals surface area contributed by atoms with Gasteiger partial charge in [-0.1, -0.05) is 0 Å². The van der Waals surface area contributed by atoms with Crippen LogP contribution in [0.15, 0.2) is 12.3 Å². The molecule has 1 heterocycles. The highest BCUT2D eigenvalue weighted by atomic mass is 16.6. The summed E-state index contributed by atoms with van der Waals surface area (Å²) in [6.07, 6.45) is 3.83. The van der Waals surface area contributed by atoms with Crippen molar-refractivity contribution in [1.29, 1.82) is 0 Å². The third kappa shape index (κ3) is 2.91. The van der Waals surface area contributed by atoms with Crippen molar-refractivity contribution in [2.45, 2.75) is 18.8 Å². The number of nitrogens with zero attached hydrogens (tertiary/aromatic N) is 2. The molecule has 0 aromatic carbocycles. The molecule has 2 rings (SSSR count). The Kier molecular flexibility index (Phi) is 3.53. The first-order chi connectivity index (χ1) is 8.22. The van der Waals surface area contributed by atoms with E-state index in [9.17, 15) is 10.1 Å². The topological polar surface area (TPSA) is 74.5 Å². The van der Waals surface area contributed by atoms with Gasteiger partial charge in [-0.3, -0.25) is 10.1 Å². The highest BCUT2D eigenvalue weighted by Crippen LogP contribution is 2.41. The van der Waals surface area contributed by atoms with Gasteiger partial charge in [0.25, 0.3) is 5.88 Å². The fourth-order valence-electron chi connectivity index (χ4n) is 1.56. The molecule has 1 aromatic rings. The molecule has 0 amide bonds. The number of rotatable bonds is 6. The Balaban J connectivity index is 2.15. The van der Waals surface area contributed by atoms with Crippen LogP contribution in [0, 0.1) is 10.1 Å². The molecule has 6 heteroatoms. The second kappa shape index (κ2) is 5.09. The lowest BCUT2D eigenvalue weighted by molar-refractivity contribution is -0.386. The fraction of sp³-hybridized carbons (Fsp3) is 0.545. The maximum atomic E-state index is 10.9. The van der Waals surface area contributed by atoms with Gasteiger partial charge in [0.15, 0.2) is 0 Å². The van der Waals surface area contributed by atoms with Gasteiger partial charge in [-0.2, -0.15) is 0 Å². The number of pyridine rings is 1. The molecule has 0 bridgehead atoms. The maximum absolute atomic E-state index is 10.9. The number of ether oxygens (including phenoxy) is 2. The van der Waals surface area contributed by atoms with Crippen LogP contribution in [-0.4, -0.2) is 30.2 Å². The first-order valence-electron chi connectivity index (χ1n) is 5.48. The molecule has 0 atom stereocenters. The summed E-state index contributed by atoms with van der Waals surface area (Å²) in [4.78, 5) is 14.5. The molecule has 1 aliphatic rings. The van der Waals surface area contributed by atoms with Crippen molar-refractivity contribution < 1.29 is 14.4 Å². The van der Waals surface area contributed by atoms with E-state index < -0.39 is 4.92 Å². The molecule has 17 heavy (non-hydrogen) atoms. The Morgan fingerprint density at radius 1 is 1.53 bits per heavy atom. The lowest BCUT2D eigenvalue weighted by atomic mass is 10.2. The second-order valence-corrected chi connectivity index (χ2v) is 3.97. The zero-order valence-electron chi connectivity index (χ0n) is 9.59. The van der Waals surface area contributed by atoms with Gasteiger partial charge in [-0.25, -0.2) is 4.98 Å². The summed E-state index contributed by atoms with van der Waals surface area (Å²) in [7, 11) is 1.54. The van der Waals surface area contributed by atoms with Gasteiger partial charge in [-0.05, 0) is 24.3 Å². The van der Waals surface area contributed by atoms with Crippen LogP contribution in [0.2, 0.25) is 0 Å². The van der Waals surface area contributed by atoms with Crippen molar-refractivity contribution in [2.75, 3.05) is 20.3 Å². The standard InChI is InChI=1S/C11H14N2O4/c1-16-4-5-17-11-10(13(14)15)6-9(7-12-11)8-2-3-8/h6-8H,2-5H2,1H3. The van der Waals surface area contributed by atoms with E-state index in [2.05, 4.69) is 4.98 Å². The quantitative estimate of drug-likeness (QED) is 0.430. The predicted molar refractivity (Wildman–Crippen MR) is 60.2 cm³/mol. The molecule has 0 spiro atoms. The molecule has 92 valence electrons. The Bertz CT molecular complexity index is 418. The van der Waals surface area contributed by atoms with E-state index in [-0.39, 0.29) is 18.2 Å². The summed E-state index contributed by atoms with van der Waals surface area (Å²) in [5.74, 6) is 0.505. The van der Waals surface area contributed by atoms with E-state index >= 15 is 0 Å². The predicted octanol–water partition coefficient (Wildman–Crippen LogP) is 1.89. The highest BCUT2D eigenvalue weighted by Gasteiger charge is 2.27. The first-order valence-corrected chi connectivity index (χ1v) is 5.48. The molecule has 0 radical (unpaired) electrons. The second-order valence-electron chi connectivity index (χ2n) is 3.97. The summed E-state index contributed by atoms with van der Waals surface area (Å²) in [5.41, 5.74) is 0.862. The number of hydrogen-bond acceptors (Lipinski definition) is 5. The van der Waals surface area contributed by atoms with E-state index in [4.69, 9.17) is 9.47 Å². The molecule has 0 aliphatic heterocycles. The minimum Gasteiger partial charge on any atom is -0.470 e. The summed E-state index contributed by atoms with van der Waals surface area (Å²) in [6, 6.07) is 1.56. The highest BCUT2D eigenvalue weighted by molar-refractivity contribution is 5.44. The third-order valence-corrected chi connectivity index (χ3v) is 2.63. The molecule has 1 fully saturated rings. The zero-order chi connectivity index (χ0) is 12.3. The summed E-state index contributed by atoms with van der Waals surface area (Å²) in [6.45, 7) is 0.635. The lowest BCUT2D eigenvalue weighted by Crippen LogP contribution is -2.07. The Morgan fingerprint density at radius 3 is 2.88 bits per heavy atom. The van der Waals surface area contributed by atoms with E-state index in [0.29, 0.717) is 12.5 Å². The van der Waals surface area contributed by atoms with Gasteiger partial charge in [-0.15, -0.1) is 0 Å². The normalized spacial score (nSPS) is 14.6. The van der Waals surface area contributed by atoms with E-state index in [0.717, 1.165) is 18.4 Å². The summed E-state index contributed by atoms with van der Waals surface area (Å²) in [5, 5.41) is 10.9. The average Bonchev–Trinajstić information content (AvgIpc) is 3.13. The van der Waals surface area contributed by atoms with Crippen molar-refractivity contribution in [3.8, 4) is 5.88 Å². The van der Waals surface area contributed by atoms with Gasteiger partial charge in [0.05, 0.1) is 11.5 Å². The van der Waals surface area contributed by atoms with Crippen LogP contribution in [0.3, 0.4) is 0 Å². The Morgan fingerprint density at radius 2 is 2.29 bits per heavy atom. The van der Waals surface area contributed by atoms with Crippen molar-refractivity contribution in [3.05, 3.63) is 27.9 Å². The number of methoxy groups -OCH3 is 1. The van der Waals surface area contributed by atoms with Crippen LogP contribution in [0.1, 0.15) is 24.3 Å². The minimum absolute atomic E-state index is 0.0643. The fourth-order valence-corrected chi connectivity index (χ4v) is 1.56. The first kappa shape index (κ1) is 11.8. The van der Waals surface area contributed by atoms with Crippen LogP contribution >= 0.6 is 0 Å². The van der Waals surface area contributed by atoms with Crippen LogP contribution in [0.25, 0.3) is 0 Å². The SMILES string of the molecule is COCCOc1ncc(C2CC2)cc1[N+](=O)[O-]. The minimum atomic E-state index is -0.457. The number of aromatic nitrogens is 1. The molecule has 0 saturated heterocycles. The smallest absolute Gasteiger partial charge is 0.331 e. The van der Waals surface area contributed by atoms with E-state index in [1.165, 1.54) is 0 Å². The molecular formula is C11H14N2O4. The molecular weight excluding hydrogens is 224 g/mol. The average molecular weight is 238 g/mol. The summed E-state index contributed by atoms with van der Waals surface area (Å²) >= 11 is 0. The molecule has 0 N–H and O–H groups in total. The number of hydrogen-bond donors (Lipinski definition) is 0. The molecule has 1 aromatic heterocycles. The molecule has 1 aliphatic carbocycles. The maximum Gasteiger partial charge on any atom is 0.331 e. The largest absolute Gasteiger partial charge is 0.470 e. The Labute approximate surface area is 98.7 Å². The van der Waals surface area contributed by atoms with Gasteiger partial charge >= 0.3 is 5.69 Å². The monoisotopic (exact) mass is 238 g/mol. The van der Waals surface area contributed by atoms with Crippen molar-refractivity contribution in [1.82, 2.24) is 4.98 Å². The van der Waals surface area contributed by atoms with Crippen molar-refractivity contribution in [3.63, 3.8) is 0 Å². The van der Waals surface area contributed by atoms with Crippen molar-refractivity contribution >= 4 is 5.69 Å². The Hall–Kier alpha value is -1.69.